The fraction of sp³-hybridized carbons (Fsp3) is 0.750. The summed E-state index contributed by atoms with van der Waals surface area (Å²) < 4.78 is 56.7. The maximum Gasteiger partial charge on any atom is 0.379 e. The summed E-state index contributed by atoms with van der Waals surface area (Å²) in [5.41, 5.74) is 1.86. The van der Waals surface area contributed by atoms with E-state index in [1.165, 1.54) is 18.4 Å². The zero-order valence-electron chi connectivity index (χ0n) is 24.3. The number of fused-ring (bicyclic) bond motifs is 5. The molecule has 226 valence electrons. The van der Waals surface area contributed by atoms with Gasteiger partial charge in [0.15, 0.2) is 9.84 Å². The molecule has 10 atom stereocenters. The Morgan fingerprint density at radius 3 is 2.25 bits per heavy atom. The minimum atomic E-state index is -3.67. The molecule has 4 aliphatic rings. The number of halogens is 3. The van der Waals surface area contributed by atoms with Gasteiger partial charge in [-0.1, -0.05) is 50.6 Å². The van der Waals surface area contributed by atoms with Crippen molar-refractivity contribution >= 4 is 9.84 Å². The molecule has 4 aliphatic carbocycles. The van der Waals surface area contributed by atoms with Crippen molar-refractivity contribution < 1.29 is 31.8 Å². The number of hydrogen-bond donors (Lipinski definition) is 2. The molecule has 8 unspecified atom stereocenters. The fourth-order valence-corrected chi connectivity index (χ4v) is 11.7. The Balaban J connectivity index is 0.000000867. The third-order valence-electron chi connectivity index (χ3n) is 11.4. The highest BCUT2D eigenvalue weighted by Gasteiger charge is 2.60. The number of hydrogen-bond acceptors (Lipinski definition) is 4. The van der Waals surface area contributed by atoms with Crippen LogP contribution in [0.5, 0.6) is 0 Å². The molecule has 0 heterocycles. The van der Waals surface area contributed by atoms with E-state index in [-0.39, 0.29) is 29.3 Å². The Morgan fingerprint density at radius 1 is 0.975 bits per heavy atom. The van der Waals surface area contributed by atoms with E-state index in [4.69, 9.17) is 0 Å². The van der Waals surface area contributed by atoms with Crippen molar-refractivity contribution in [1.29, 1.82) is 0 Å². The van der Waals surface area contributed by atoms with Gasteiger partial charge in [-0.05, 0) is 117 Å². The summed E-state index contributed by atoms with van der Waals surface area (Å²) in [7, 11) is -3.54. The molecule has 2 N–H and O–H groups in total. The summed E-state index contributed by atoms with van der Waals surface area (Å²) >= 11 is 0. The van der Waals surface area contributed by atoms with Crippen LogP contribution in [-0.4, -0.2) is 42.8 Å². The van der Waals surface area contributed by atoms with Gasteiger partial charge in [-0.2, -0.15) is 13.2 Å². The number of allylic oxidation sites excluding steroid dienone is 1. The molecule has 4 nitrogen and oxygen atoms in total. The average Bonchev–Trinajstić information content (AvgIpc) is 3.24. The van der Waals surface area contributed by atoms with Crippen molar-refractivity contribution in [3.05, 3.63) is 42.0 Å². The van der Waals surface area contributed by atoms with Gasteiger partial charge in [0.1, 0.15) is 0 Å². The van der Waals surface area contributed by atoms with E-state index >= 15 is 0 Å². The summed E-state index contributed by atoms with van der Waals surface area (Å²) in [5.74, 6) is 2.30. The van der Waals surface area contributed by atoms with E-state index in [0.29, 0.717) is 28.6 Å². The van der Waals surface area contributed by atoms with E-state index in [2.05, 4.69) is 26.8 Å². The molecule has 0 saturated heterocycles. The number of aliphatic hydroxyl groups excluding tert-OH is 2. The van der Waals surface area contributed by atoms with Crippen LogP contribution >= 0.6 is 0 Å². The third kappa shape index (κ3) is 5.92. The predicted molar refractivity (Wildman–Crippen MR) is 151 cm³/mol. The molecule has 40 heavy (non-hydrogen) atoms. The van der Waals surface area contributed by atoms with Gasteiger partial charge in [0, 0.05) is 0 Å². The highest BCUT2D eigenvalue weighted by Crippen LogP contribution is 2.67. The van der Waals surface area contributed by atoms with Gasteiger partial charge in [0.2, 0.25) is 0 Å². The summed E-state index contributed by atoms with van der Waals surface area (Å²) in [6.45, 7) is 5.13. The molecule has 8 heteroatoms. The first-order chi connectivity index (χ1) is 18.7. The van der Waals surface area contributed by atoms with Crippen molar-refractivity contribution in [3.63, 3.8) is 0 Å². The third-order valence-corrected chi connectivity index (χ3v) is 13.8. The van der Waals surface area contributed by atoms with Crippen LogP contribution in [0.3, 0.4) is 0 Å². The second kappa shape index (κ2) is 12.1. The molecule has 5 rings (SSSR count). The summed E-state index contributed by atoms with van der Waals surface area (Å²) in [6, 6.07) is 8.84. The fourth-order valence-electron chi connectivity index (χ4n) is 9.55. The zero-order chi connectivity index (χ0) is 29.5. The van der Waals surface area contributed by atoms with Gasteiger partial charge in [-0.25, -0.2) is 8.42 Å². The lowest BCUT2D eigenvalue weighted by Crippen LogP contribution is -2.51. The lowest BCUT2D eigenvalue weighted by molar-refractivity contribution is -0.0574. The standard InChI is InChI=1S/C31H46O4S.CHF3/c1-20(32)18-29(36(34,35)24-8-6-5-7-9-24)21(2)26-12-13-27-25-11-10-22-19-23(33)14-16-30(22,3)28(25)15-17-31(26,27)4;2-1(3)4/h5-10,20-21,23,25-29,32-33H,11-19H2,1-4H3;1H/t20-,21+,23?,25?,26?,27?,28?,29?,30?,31?;/m1./s1. The smallest absolute Gasteiger partial charge is 0.379 e. The van der Waals surface area contributed by atoms with Gasteiger partial charge in [-0.3, -0.25) is 0 Å². The van der Waals surface area contributed by atoms with Crippen LogP contribution < -0.4 is 0 Å². The second-order valence-electron chi connectivity index (χ2n) is 13.5. The van der Waals surface area contributed by atoms with E-state index in [9.17, 15) is 31.8 Å². The molecule has 3 saturated carbocycles. The number of alkyl halides is 3. The van der Waals surface area contributed by atoms with Crippen LogP contribution in [0.1, 0.15) is 85.5 Å². The number of sulfone groups is 1. The first kappa shape index (κ1) is 31.6. The molecule has 0 bridgehead atoms. The van der Waals surface area contributed by atoms with Gasteiger partial charge in [0.05, 0.1) is 22.4 Å². The number of benzene rings is 1. The molecule has 0 spiro atoms. The highest BCUT2D eigenvalue weighted by atomic mass is 32.2. The number of aliphatic hydroxyl groups is 2. The minimum Gasteiger partial charge on any atom is -0.393 e. The average molecular weight is 585 g/mol. The van der Waals surface area contributed by atoms with Crippen molar-refractivity contribution in [2.45, 2.75) is 115 Å². The molecular formula is C32H47F3O4S. The zero-order valence-corrected chi connectivity index (χ0v) is 25.1. The van der Waals surface area contributed by atoms with Gasteiger partial charge >= 0.3 is 6.68 Å². The first-order valence-corrected chi connectivity index (χ1v) is 16.5. The van der Waals surface area contributed by atoms with Crippen LogP contribution in [-0.2, 0) is 9.84 Å². The molecule has 0 aromatic heterocycles. The Morgan fingerprint density at radius 2 is 1.62 bits per heavy atom. The second-order valence-corrected chi connectivity index (χ2v) is 15.6. The first-order valence-electron chi connectivity index (χ1n) is 15.0. The highest BCUT2D eigenvalue weighted by molar-refractivity contribution is 7.92. The number of rotatable bonds is 6. The van der Waals surface area contributed by atoms with Crippen LogP contribution in [0.25, 0.3) is 0 Å². The van der Waals surface area contributed by atoms with Crippen LogP contribution in [0.4, 0.5) is 13.2 Å². The maximum absolute atomic E-state index is 13.8. The van der Waals surface area contributed by atoms with E-state index in [1.807, 2.05) is 6.07 Å². The summed E-state index contributed by atoms with van der Waals surface area (Å²) in [6.07, 6.45) is 10.5. The molecule has 0 radical (unpaired) electrons. The van der Waals surface area contributed by atoms with Gasteiger partial charge in [-0.15, -0.1) is 0 Å². The van der Waals surface area contributed by atoms with Crippen molar-refractivity contribution in [1.82, 2.24) is 0 Å². The van der Waals surface area contributed by atoms with Crippen LogP contribution in [0.15, 0.2) is 46.9 Å². The molecule has 3 fully saturated rings. The Labute approximate surface area is 238 Å². The lowest BCUT2D eigenvalue weighted by Gasteiger charge is -2.58. The Kier molecular flexibility index (Phi) is 9.53. The minimum absolute atomic E-state index is 0.00790. The van der Waals surface area contributed by atoms with Gasteiger partial charge < -0.3 is 10.2 Å². The normalized spacial score (nSPS) is 37.6. The summed E-state index contributed by atoms with van der Waals surface area (Å²) in [5, 5.41) is 20.1. The van der Waals surface area contributed by atoms with Crippen LogP contribution in [0, 0.1) is 40.4 Å². The van der Waals surface area contributed by atoms with Crippen LogP contribution in [0.2, 0.25) is 0 Å². The monoisotopic (exact) mass is 584 g/mol. The molecule has 0 amide bonds. The SMILES string of the molecule is C[C@@H](C1CCC2C3CC=C4CC(O)CCC4(C)C3CCC21C)C(C[C@@H](C)O)S(=O)(=O)c1ccccc1.FC(F)F. The molecular weight excluding hydrogens is 537 g/mol. The largest absolute Gasteiger partial charge is 0.393 e. The molecule has 1 aromatic rings. The van der Waals surface area contributed by atoms with Crippen molar-refractivity contribution in [2.24, 2.45) is 40.4 Å². The predicted octanol–water partition coefficient (Wildman–Crippen LogP) is 7.35. The summed E-state index contributed by atoms with van der Waals surface area (Å²) in [4.78, 5) is 0.378. The van der Waals surface area contributed by atoms with Gasteiger partial charge in [0.25, 0.3) is 0 Å². The van der Waals surface area contributed by atoms with Crippen molar-refractivity contribution in [2.75, 3.05) is 0 Å². The van der Waals surface area contributed by atoms with E-state index in [1.54, 1.807) is 31.2 Å². The Bertz CT molecular complexity index is 1140. The Hall–Kier alpha value is -1.38. The van der Waals surface area contributed by atoms with E-state index < -0.39 is 27.9 Å². The topological polar surface area (TPSA) is 74.6 Å². The van der Waals surface area contributed by atoms with Crippen molar-refractivity contribution in [3.8, 4) is 0 Å². The lowest BCUT2D eigenvalue weighted by atomic mass is 9.47. The molecule has 1 aromatic carbocycles. The van der Waals surface area contributed by atoms with E-state index in [0.717, 1.165) is 38.5 Å². The quantitative estimate of drug-likeness (QED) is 0.343. The maximum atomic E-state index is 13.8. The molecule has 0 aliphatic heterocycles.